The molecule has 1 saturated heterocycles. The monoisotopic (exact) mass is 202 g/mol. The molecule has 0 unspecified atom stereocenters. The average molecular weight is 202 g/mol. The minimum absolute atomic E-state index is 0.315. The highest BCUT2D eigenvalue weighted by Crippen LogP contribution is 2.22. The lowest BCUT2D eigenvalue weighted by molar-refractivity contribution is -0.419. The first-order valence-corrected chi connectivity index (χ1v) is 4.87. The minimum atomic E-state index is -0.622. The van der Waals surface area contributed by atoms with E-state index in [0.717, 1.165) is 12.2 Å². The number of allylic oxidation sites excluding steroid dienone is 1. The predicted octanol–water partition coefficient (Wildman–Crippen LogP) is 0.748. The summed E-state index contributed by atoms with van der Waals surface area (Å²) < 4.78 is 0. The van der Waals surface area contributed by atoms with E-state index in [2.05, 4.69) is 5.32 Å². The lowest BCUT2D eigenvalue weighted by Gasteiger charge is -2.14. The highest BCUT2D eigenvalue weighted by atomic mass is 32.2. The third-order valence-corrected chi connectivity index (χ3v) is 2.70. The van der Waals surface area contributed by atoms with E-state index in [1.807, 2.05) is 0 Å². The van der Waals surface area contributed by atoms with E-state index >= 15 is 0 Å². The van der Waals surface area contributed by atoms with Crippen LogP contribution in [0.1, 0.15) is 13.3 Å². The van der Waals surface area contributed by atoms with Gasteiger partial charge in [-0.15, -0.1) is 11.8 Å². The molecule has 0 amide bonds. The summed E-state index contributed by atoms with van der Waals surface area (Å²) in [6.45, 7) is 1.91. The first kappa shape index (κ1) is 10.0. The fourth-order valence-corrected chi connectivity index (χ4v) is 2.07. The van der Waals surface area contributed by atoms with Crippen molar-refractivity contribution in [3.8, 4) is 0 Å². The standard InChI is InChI=1S/C7H10N2O3S/c1-5(10)6(9(11)12)7-8-3-2-4-13-7/h8H,2-4H2,1H3/b7-6-. The zero-order valence-electron chi connectivity index (χ0n) is 7.20. The van der Waals surface area contributed by atoms with E-state index in [1.165, 1.54) is 18.7 Å². The smallest absolute Gasteiger partial charge is 0.341 e. The number of nitro groups is 1. The van der Waals surface area contributed by atoms with Gasteiger partial charge in [-0.05, 0) is 6.42 Å². The molecule has 0 radical (unpaired) electrons. The zero-order chi connectivity index (χ0) is 9.84. The van der Waals surface area contributed by atoms with Gasteiger partial charge >= 0.3 is 5.70 Å². The van der Waals surface area contributed by atoms with Crippen LogP contribution in [0.3, 0.4) is 0 Å². The molecule has 1 aliphatic rings. The molecule has 0 atom stereocenters. The second kappa shape index (κ2) is 4.27. The highest BCUT2D eigenvalue weighted by molar-refractivity contribution is 8.03. The van der Waals surface area contributed by atoms with E-state index in [4.69, 9.17) is 0 Å². The third kappa shape index (κ3) is 2.45. The Morgan fingerprint density at radius 1 is 1.69 bits per heavy atom. The molecule has 0 bridgehead atoms. The number of thioether (sulfide) groups is 1. The van der Waals surface area contributed by atoms with E-state index in [1.54, 1.807) is 0 Å². The van der Waals surface area contributed by atoms with Gasteiger partial charge in [-0.3, -0.25) is 14.9 Å². The number of carbonyl (C=O) groups is 1. The average Bonchev–Trinajstić information content (AvgIpc) is 2.04. The van der Waals surface area contributed by atoms with Crippen molar-refractivity contribution in [3.63, 3.8) is 0 Å². The van der Waals surface area contributed by atoms with Gasteiger partial charge in [-0.25, -0.2) is 0 Å². The maximum absolute atomic E-state index is 10.9. The summed E-state index contributed by atoms with van der Waals surface area (Å²) in [5.74, 6) is 0.328. The van der Waals surface area contributed by atoms with Crippen LogP contribution in [0, 0.1) is 10.1 Å². The van der Waals surface area contributed by atoms with Gasteiger partial charge in [0.05, 0.1) is 4.92 Å². The van der Waals surface area contributed by atoms with Crippen molar-refractivity contribution in [3.05, 3.63) is 20.8 Å². The number of Topliss-reactive ketones (excluding diaryl/α,β-unsaturated/α-hetero) is 1. The van der Waals surface area contributed by atoms with Gasteiger partial charge in [0.25, 0.3) is 0 Å². The molecule has 5 nitrogen and oxygen atoms in total. The lowest BCUT2D eigenvalue weighted by Crippen LogP contribution is -2.24. The summed E-state index contributed by atoms with van der Waals surface area (Å²) in [6, 6.07) is 0. The summed E-state index contributed by atoms with van der Waals surface area (Å²) in [5.41, 5.74) is -0.315. The van der Waals surface area contributed by atoms with Crippen LogP contribution in [-0.4, -0.2) is 23.0 Å². The van der Waals surface area contributed by atoms with Gasteiger partial charge in [0.15, 0.2) is 5.03 Å². The molecule has 72 valence electrons. The maximum Gasteiger partial charge on any atom is 0.341 e. The number of hydrogen-bond donors (Lipinski definition) is 1. The number of rotatable bonds is 2. The van der Waals surface area contributed by atoms with Crippen molar-refractivity contribution >= 4 is 17.5 Å². The van der Waals surface area contributed by atoms with Crippen molar-refractivity contribution in [2.24, 2.45) is 0 Å². The molecule has 13 heavy (non-hydrogen) atoms. The Morgan fingerprint density at radius 3 is 2.77 bits per heavy atom. The first-order chi connectivity index (χ1) is 6.13. The highest BCUT2D eigenvalue weighted by Gasteiger charge is 2.25. The van der Waals surface area contributed by atoms with Crippen molar-refractivity contribution in [2.75, 3.05) is 12.3 Å². The molecule has 1 fully saturated rings. The molecule has 0 aliphatic carbocycles. The largest absolute Gasteiger partial charge is 0.374 e. The van der Waals surface area contributed by atoms with E-state index in [-0.39, 0.29) is 5.70 Å². The van der Waals surface area contributed by atoms with Crippen LogP contribution in [0.15, 0.2) is 10.7 Å². The normalized spacial score (nSPS) is 20.4. The molecule has 1 N–H and O–H groups in total. The van der Waals surface area contributed by atoms with Gasteiger partial charge in [0.2, 0.25) is 5.78 Å². The first-order valence-electron chi connectivity index (χ1n) is 3.89. The second-order valence-electron chi connectivity index (χ2n) is 2.62. The van der Waals surface area contributed by atoms with Crippen LogP contribution in [0.2, 0.25) is 0 Å². The Hall–Kier alpha value is -1.04. The van der Waals surface area contributed by atoms with Crippen LogP contribution < -0.4 is 5.32 Å². The van der Waals surface area contributed by atoms with Gasteiger partial charge < -0.3 is 5.32 Å². The van der Waals surface area contributed by atoms with Crippen LogP contribution in [-0.2, 0) is 4.79 Å². The quantitative estimate of drug-likeness (QED) is 0.406. The summed E-state index contributed by atoms with van der Waals surface area (Å²) >= 11 is 1.33. The Morgan fingerprint density at radius 2 is 2.38 bits per heavy atom. The number of hydrogen-bond acceptors (Lipinski definition) is 5. The number of nitrogens with one attached hydrogen (secondary N) is 1. The molecule has 6 heteroatoms. The Kier molecular flexibility index (Phi) is 3.30. The molecule has 1 rings (SSSR count). The molecular formula is C7H10N2O3S. The van der Waals surface area contributed by atoms with E-state index < -0.39 is 10.7 Å². The van der Waals surface area contributed by atoms with Crippen LogP contribution in [0.4, 0.5) is 0 Å². The van der Waals surface area contributed by atoms with Crippen molar-refractivity contribution in [1.29, 1.82) is 0 Å². The Bertz CT molecular complexity index is 251. The summed E-state index contributed by atoms with van der Waals surface area (Å²) in [4.78, 5) is 20.8. The molecule has 1 heterocycles. The Labute approximate surface area is 79.7 Å². The molecular weight excluding hydrogens is 192 g/mol. The maximum atomic E-state index is 10.9. The SMILES string of the molecule is CC(=O)/C(=C1\NCCCS1)[N+](=O)[O-]. The third-order valence-electron chi connectivity index (χ3n) is 1.58. The number of nitrogens with zero attached hydrogens (tertiary/aromatic N) is 1. The molecule has 0 saturated carbocycles. The summed E-state index contributed by atoms with van der Waals surface area (Å²) in [5, 5.41) is 13.8. The van der Waals surface area contributed by atoms with Gasteiger partial charge in [-0.1, -0.05) is 0 Å². The Balaban J connectivity index is 2.93. The zero-order valence-corrected chi connectivity index (χ0v) is 8.02. The molecule has 0 spiro atoms. The van der Waals surface area contributed by atoms with Crippen molar-refractivity contribution in [2.45, 2.75) is 13.3 Å². The van der Waals surface area contributed by atoms with E-state index in [9.17, 15) is 14.9 Å². The molecule has 0 aromatic heterocycles. The number of ketones is 1. The fraction of sp³-hybridized carbons (Fsp3) is 0.571. The van der Waals surface area contributed by atoms with Gasteiger partial charge in [-0.2, -0.15) is 0 Å². The second-order valence-corrected chi connectivity index (χ2v) is 3.72. The van der Waals surface area contributed by atoms with Crippen molar-refractivity contribution in [1.82, 2.24) is 5.32 Å². The molecule has 0 aromatic carbocycles. The number of carbonyl (C=O) groups excluding carboxylic acids is 1. The van der Waals surface area contributed by atoms with Crippen LogP contribution >= 0.6 is 11.8 Å². The lowest BCUT2D eigenvalue weighted by atomic mass is 10.3. The molecule has 0 aromatic rings. The summed E-state index contributed by atoms with van der Waals surface area (Å²) in [6.07, 6.45) is 0.969. The van der Waals surface area contributed by atoms with Crippen LogP contribution in [0.25, 0.3) is 0 Å². The molecule has 1 aliphatic heterocycles. The predicted molar refractivity (Wildman–Crippen MR) is 49.8 cm³/mol. The van der Waals surface area contributed by atoms with Crippen LogP contribution in [0.5, 0.6) is 0 Å². The fourth-order valence-electron chi connectivity index (χ4n) is 1.02. The van der Waals surface area contributed by atoms with Gasteiger partial charge in [0, 0.05) is 19.2 Å². The minimum Gasteiger partial charge on any atom is -0.374 e. The van der Waals surface area contributed by atoms with Gasteiger partial charge in [0.1, 0.15) is 0 Å². The topological polar surface area (TPSA) is 72.2 Å². The van der Waals surface area contributed by atoms with Crippen molar-refractivity contribution < 1.29 is 9.72 Å². The van der Waals surface area contributed by atoms with E-state index in [0.29, 0.717) is 11.6 Å². The summed E-state index contributed by atoms with van der Waals surface area (Å²) in [7, 11) is 0.